The van der Waals surface area contributed by atoms with Crippen LogP contribution in [0, 0.1) is 5.41 Å². The van der Waals surface area contributed by atoms with Crippen LogP contribution in [0.15, 0.2) is 31.0 Å². The Morgan fingerprint density at radius 1 is 1.25 bits per heavy atom. The molecule has 2 heterocycles. The average Bonchev–Trinajstić information content (AvgIpc) is 2.96. The second-order valence-corrected chi connectivity index (χ2v) is 6.33. The second-order valence-electron chi connectivity index (χ2n) is 6.33. The molecule has 5 heteroatoms. The lowest BCUT2D eigenvalue weighted by Crippen LogP contribution is -2.29. The van der Waals surface area contributed by atoms with Crippen LogP contribution in [-0.2, 0) is 0 Å². The van der Waals surface area contributed by atoms with E-state index in [1.807, 2.05) is 12.3 Å². The van der Waals surface area contributed by atoms with Crippen LogP contribution in [0.2, 0.25) is 0 Å². The summed E-state index contributed by atoms with van der Waals surface area (Å²) in [5, 5.41) is 7.65. The van der Waals surface area contributed by atoms with E-state index >= 15 is 0 Å². The van der Waals surface area contributed by atoms with Crippen molar-refractivity contribution in [2.24, 2.45) is 5.41 Å². The molecule has 106 valence electrons. The molecule has 1 aliphatic carbocycles. The number of nitrogens with zero attached hydrogens (tertiary/aromatic N) is 4. The molecule has 0 bridgehead atoms. The Bertz CT molecular complexity index is 534. The zero-order valence-electron chi connectivity index (χ0n) is 12.1. The van der Waals surface area contributed by atoms with E-state index in [1.54, 1.807) is 11.0 Å². The SMILES string of the molecule is CC1(C)CCC(Nc2ccc(-n3cncn3)nc2)CC1. The Hall–Kier alpha value is -1.91. The van der Waals surface area contributed by atoms with Crippen molar-refractivity contribution in [3.05, 3.63) is 31.0 Å². The molecule has 20 heavy (non-hydrogen) atoms. The van der Waals surface area contributed by atoms with E-state index in [9.17, 15) is 0 Å². The van der Waals surface area contributed by atoms with Crippen LogP contribution in [0.25, 0.3) is 5.82 Å². The highest BCUT2D eigenvalue weighted by Crippen LogP contribution is 2.36. The number of hydrogen-bond donors (Lipinski definition) is 1. The Morgan fingerprint density at radius 2 is 2.05 bits per heavy atom. The highest BCUT2D eigenvalue weighted by Gasteiger charge is 2.26. The molecule has 0 amide bonds. The van der Waals surface area contributed by atoms with Crippen LogP contribution < -0.4 is 5.32 Å². The highest BCUT2D eigenvalue weighted by molar-refractivity contribution is 5.44. The van der Waals surface area contributed by atoms with Crippen LogP contribution >= 0.6 is 0 Å². The molecule has 3 rings (SSSR count). The van der Waals surface area contributed by atoms with Crippen molar-refractivity contribution < 1.29 is 0 Å². The number of anilines is 1. The summed E-state index contributed by atoms with van der Waals surface area (Å²) < 4.78 is 1.66. The summed E-state index contributed by atoms with van der Waals surface area (Å²) in [5.74, 6) is 0.790. The number of rotatable bonds is 3. The van der Waals surface area contributed by atoms with Crippen molar-refractivity contribution in [3.63, 3.8) is 0 Å². The molecule has 0 radical (unpaired) electrons. The third-order valence-corrected chi connectivity index (χ3v) is 4.11. The summed E-state index contributed by atoms with van der Waals surface area (Å²) >= 11 is 0. The van der Waals surface area contributed by atoms with Gasteiger partial charge in [-0.05, 0) is 43.2 Å². The van der Waals surface area contributed by atoms with Gasteiger partial charge in [0.15, 0.2) is 5.82 Å². The zero-order valence-corrected chi connectivity index (χ0v) is 12.1. The Balaban J connectivity index is 1.61. The summed E-state index contributed by atoms with van der Waals surface area (Å²) in [7, 11) is 0. The Morgan fingerprint density at radius 3 is 2.65 bits per heavy atom. The van der Waals surface area contributed by atoms with Crippen molar-refractivity contribution >= 4 is 5.69 Å². The lowest BCUT2D eigenvalue weighted by atomic mass is 9.75. The smallest absolute Gasteiger partial charge is 0.155 e. The van der Waals surface area contributed by atoms with Gasteiger partial charge < -0.3 is 5.32 Å². The topological polar surface area (TPSA) is 55.6 Å². The molecule has 0 aliphatic heterocycles. The predicted octanol–water partition coefficient (Wildman–Crippen LogP) is 3.04. The highest BCUT2D eigenvalue weighted by atomic mass is 15.3. The summed E-state index contributed by atoms with van der Waals surface area (Å²) in [4.78, 5) is 8.34. The number of pyridine rings is 1. The first-order chi connectivity index (χ1) is 9.62. The summed E-state index contributed by atoms with van der Waals surface area (Å²) in [6.07, 6.45) is 10.1. The fourth-order valence-electron chi connectivity index (χ4n) is 2.71. The van der Waals surface area contributed by atoms with Crippen molar-refractivity contribution in [1.29, 1.82) is 0 Å². The van der Waals surface area contributed by atoms with Gasteiger partial charge in [-0.2, -0.15) is 5.10 Å². The van der Waals surface area contributed by atoms with Crippen molar-refractivity contribution in [1.82, 2.24) is 19.7 Å². The van der Waals surface area contributed by atoms with E-state index in [0.29, 0.717) is 11.5 Å². The van der Waals surface area contributed by atoms with Gasteiger partial charge in [0.1, 0.15) is 12.7 Å². The third kappa shape index (κ3) is 2.98. The van der Waals surface area contributed by atoms with Gasteiger partial charge in [0, 0.05) is 6.04 Å². The van der Waals surface area contributed by atoms with Gasteiger partial charge in [-0.25, -0.2) is 14.6 Å². The normalized spacial score (nSPS) is 18.9. The number of aromatic nitrogens is 4. The van der Waals surface area contributed by atoms with Crippen LogP contribution in [0.3, 0.4) is 0 Å². The first-order valence-electron chi connectivity index (χ1n) is 7.20. The van der Waals surface area contributed by atoms with Crippen LogP contribution in [0.5, 0.6) is 0 Å². The van der Waals surface area contributed by atoms with E-state index in [2.05, 4.69) is 40.3 Å². The first kappa shape index (κ1) is 13.1. The van der Waals surface area contributed by atoms with E-state index in [4.69, 9.17) is 0 Å². The van der Waals surface area contributed by atoms with Gasteiger partial charge in [-0.15, -0.1) is 0 Å². The molecule has 0 unspecified atom stereocenters. The van der Waals surface area contributed by atoms with E-state index in [1.165, 1.54) is 32.0 Å². The zero-order chi connectivity index (χ0) is 14.0. The minimum atomic E-state index is 0.507. The van der Waals surface area contributed by atoms with Crippen LogP contribution in [-0.4, -0.2) is 25.8 Å². The van der Waals surface area contributed by atoms with Gasteiger partial charge in [0.2, 0.25) is 0 Å². The van der Waals surface area contributed by atoms with Crippen molar-refractivity contribution in [2.75, 3.05) is 5.32 Å². The minimum absolute atomic E-state index is 0.507. The monoisotopic (exact) mass is 271 g/mol. The minimum Gasteiger partial charge on any atom is -0.381 e. The van der Waals surface area contributed by atoms with Crippen molar-refractivity contribution in [3.8, 4) is 5.82 Å². The number of nitrogens with one attached hydrogen (secondary N) is 1. The van der Waals surface area contributed by atoms with E-state index < -0.39 is 0 Å². The fourth-order valence-corrected chi connectivity index (χ4v) is 2.71. The molecule has 5 nitrogen and oxygen atoms in total. The van der Waals surface area contributed by atoms with Gasteiger partial charge in [0.05, 0.1) is 11.9 Å². The van der Waals surface area contributed by atoms with Gasteiger partial charge in [-0.1, -0.05) is 13.8 Å². The maximum absolute atomic E-state index is 4.41. The lowest BCUT2D eigenvalue weighted by Gasteiger charge is -2.35. The molecule has 2 aromatic heterocycles. The molecule has 1 fully saturated rings. The molecule has 2 aromatic rings. The molecular formula is C15H21N5. The van der Waals surface area contributed by atoms with Crippen LogP contribution in [0.1, 0.15) is 39.5 Å². The predicted molar refractivity (Wildman–Crippen MR) is 78.8 cm³/mol. The molecule has 0 atom stereocenters. The molecule has 0 spiro atoms. The fraction of sp³-hybridized carbons (Fsp3) is 0.533. The maximum atomic E-state index is 4.41. The maximum Gasteiger partial charge on any atom is 0.155 e. The van der Waals surface area contributed by atoms with E-state index in [0.717, 1.165) is 11.5 Å². The summed E-state index contributed by atoms with van der Waals surface area (Å²) in [6.45, 7) is 4.72. The molecule has 0 saturated heterocycles. The van der Waals surface area contributed by atoms with Gasteiger partial charge in [-0.3, -0.25) is 0 Å². The van der Waals surface area contributed by atoms with Gasteiger partial charge in [0.25, 0.3) is 0 Å². The molecule has 1 aliphatic rings. The summed E-state index contributed by atoms with van der Waals surface area (Å²) in [5.41, 5.74) is 1.59. The van der Waals surface area contributed by atoms with Crippen molar-refractivity contribution in [2.45, 2.75) is 45.6 Å². The Kier molecular flexibility index (Phi) is 3.42. The molecule has 0 aromatic carbocycles. The largest absolute Gasteiger partial charge is 0.381 e. The standard InChI is InChI=1S/C15H21N5/c1-15(2)7-5-12(6-8-15)19-13-3-4-14(17-9-13)20-11-16-10-18-20/h3-4,9-12,19H,5-8H2,1-2H3. The first-order valence-corrected chi connectivity index (χ1v) is 7.20. The third-order valence-electron chi connectivity index (χ3n) is 4.11. The van der Waals surface area contributed by atoms with E-state index in [-0.39, 0.29) is 0 Å². The second kappa shape index (κ2) is 5.23. The summed E-state index contributed by atoms with van der Waals surface area (Å²) in [6, 6.07) is 4.59. The van der Waals surface area contributed by atoms with Gasteiger partial charge >= 0.3 is 0 Å². The number of hydrogen-bond acceptors (Lipinski definition) is 4. The lowest BCUT2D eigenvalue weighted by molar-refractivity contribution is 0.232. The Labute approximate surface area is 119 Å². The molecule has 1 N–H and O–H groups in total. The van der Waals surface area contributed by atoms with Crippen LogP contribution in [0.4, 0.5) is 5.69 Å². The molecular weight excluding hydrogens is 250 g/mol. The molecule has 1 saturated carbocycles. The average molecular weight is 271 g/mol. The quantitative estimate of drug-likeness (QED) is 0.932.